The number of carbonyl (C=O) groups is 2. The molecule has 39 heavy (non-hydrogen) atoms. The van der Waals surface area contributed by atoms with Crippen molar-refractivity contribution < 1.29 is 22.7 Å². The number of nitrogens with one attached hydrogen (secondary N) is 1. The van der Waals surface area contributed by atoms with E-state index in [2.05, 4.69) is 5.32 Å². The normalized spacial score (nSPS) is 11.9. The number of nitrogens with zero attached hydrogens (tertiary/aromatic N) is 2. The molecule has 0 saturated carbocycles. The van der Waals surface area contributed by atoms with E-state index in [0.717, 1.165) is 10.7 Å². The van der Waals surface area contributed by atoms with Crippen LogP contribution in [0, 0.1) is 0 Å². The predicted molar refractivity (Wildman–Crippen MR) is 154 cm³/mol. The summed E-state index contributed by atoms with van der Waals surface area (Å²) in [4.78, 5) is 28.1. The van der Waals surface area contributed by atoms with Gasteiger partial charge >= 0.3 is 0 Å². The number of halogens is 2. The smallest absolute Gasteiger partial charge is 0.264 e. The van der Waals surface area contributed by atoms with E-state index in [-0.39, 0.29) is 23.0 Å². The second-order valence-electron chi connectivity index (χ2n) is 8.79. The molecule has 0 unspecified atom stereocenters. The summed E-state index contributed by atoms with van der Waals surface area (Å²) < 4.78 is 33.8. The van der Waals surface area contributed by atoms with Gasteiger partial charge in [-0.15, -0.1) is 0 Å². The van der Waals surface area contributed by atoms with Crippen molar-refractivity contribution in [1.29, 1.82) is 0 Å². The number of hydrogen-bond donors (Lipinski definition) is 1. The standard InChI is InChI=1S/C28H31Cl2N3O5S/c1-4-15-31-28(35)20(2)32(18-21-7-5-10-25(16-21)38-3)27(34)19-33(24-9-6-8-23(30)17-24)39(36,37)26-13-11-22(29)12-14-26/h5-14,16-17,20H,4,15,18-19H2,1-3H3,(H,31,35)/t20-/m0/s1. The molecule has 0 aromatic heterocycles. The van der Waals surface area contributed by atoms with Gasteiger partial charge in [-0.25, -0.2) is 8.42 Å². The van der Waals surface area contributed by atoms with Crippen molar-refractivity contribution in [2.75, 3.05) is 24.5 Å². The molecule has 3 aromatic rings. The highest BCUT2D eigenvalue weighted by Gasteiger charge is 2.32. The highest BCUT2D eigenvalue weighted by atomic mass is 35.5. The van der Waals surface area contributed by atoms with Crippen LogP contribution < -0.4 is 14.4 Å². The van der Waals surface area contributed by atoms with Gasteiger partial charge < -0.3 is 15.0 Å². The number of sulfonamides is 1. The number of ether oxygens (including phenoxy) is 1. The molecule has 0 saturated heterocycles. The minimum atomic E-state index is -4.21. The first-order valence-electron chi connectivity index (χ1n) is 12.3. The molecule has 0 aliphatic heterocycles. The maximum absolute atomic E-state index is 13.9. The fraction of sp³-hybridized carbons (Fsp3) is 0.286. The lowest BCUT2D eigenvalue weighted by atomic mass is 10.1. The van der Waals surface area contributed by atoms with Crippen LogP contribution in [0.1, 0.15) is 25.8 Å². The van der Waals surface area contributed by atoms with Gasteiger partial charge in [0.15, 0.2) is 0 Å². The van der Waals surface area contributed by atoms with Gasteiger partial charge in [0, 0.05) is 23.1 Å². The van der Waals surface area contributed by atoms with E-state index < -0.39 is 28.5 Å². The lowest BCUT2D eigenvalue weighted by Gasteiger charge is -2.32. The molecule has 0 spiro atoms. The average molecular weight is 593 g/mol. The van der Waals surface area contributed by atoms with Gasteiger partial charge in [-0.1, -0.05) is 48.3 Å². The zero-order valence-electron chi connectivity index (χ0n) is 21.9. The minimum Gasteiger partial charge on any atom is -0.497 e. The Hall–Kier alpha value is -3.27. The molecule has 1 N–H and O–H groups in total. The fourth-order valence-electron chi connectivity index (χ4n) is 3.84. The lowest BCUT2D eigenvalue weighted by Crippen LogP contribution is -2.51. The molecule has 0 bridgehead atoms. The minimum absolute atomic E-state index is 0.0484. The lowest BCUT2D eigenvalue weighted by molar-refractivity contribution is -0.139. The maximum Gasteiger partial charge on any atom is 0.264 e. The summed E-state index contributed by atoms with van der Waals surface area (Å²) in [6.45, 7) is 3.47. The molecule has 0 fully saturated rings. The van der Waals surface area contributed by atoms with Gasteiger partial charge in [-0.05, 0) is 73.5 Å². The zero-order chi connectivity index (χ0) is 28.6. The Labute approximate surface area is 239 Å². The first-order chi connectivity index (χ1) is 18.6. The van der Waals surface area contributed by atoms with Crippen molar-refractivity contribution in [3.05, 3.63) is 88.4 Å². The third-order valence-electron chi connectivity index (χ3n) is 5.98. The summed E-state index contributed by atoms with van der Waals surface area (Å²) >= 11 is 12.2. The van der Waals surface area contributed by atoms with Crippen LogP contribution in [0.5, 0.6) is 5.75 Å². The summed E-state index contributed by atoms with van der Waals surface area (Å²) in [6, 6.07) is 18.1. The average Bonchev–Trinajstić information content (AvgIpc) is 2.93. The van der Waals surface area contributed by atoms with Crippen LogP contribution in [0.2, 0.25) is 10.0 Å². The Morgan fingerprint density at radius 2 is 1.67 bits per heavy atom. The second-order valence-corrected chi connectivity index (χ2v) is 11.5. The summed E-state index contributed by atoms with van der Waals surface area (Å²) in [5.41, 5.74) is 0.919. The molecule has 11 heteroatoms. The van der Waals surface area contributed by atoms with E-state index in [4.69, 9.17) is 27.9 Å². The molecule has 0 aliphatic rings. The largest absolute Gasteiger partial charge is 0.497 e. The van der Waals surface area contributed by atoms with Gasteiger partial charge in [0.25, 0.3) is 10.0 Å². The number of carbonyl (C=O) groups excluding carboxylic acids is 2. The van der Waals surface area contributed by atoms with Gasteiger partial charge in [0.2, 0.25) is 11.8 Å². The monoisotopic (exact) mass is 591 g/mol. The Morgan fingerprint density at radius 1 is 0.974 bits per heavy atom. The van der Waals surface area contributed by atoms with Gasteiger partial charge in [-0.2, -0.15) is 0 Å². The molecular weight excluding hydrogens is 561 g/mol. The Morgan fingerprint density at radius 3 is 2.31 bits per heavy atom. The van der Waals surface area contributed by atoms with Crippen molar-refractivity contribution in [3.8, 4) is 5.75 Å². The maximum atomic E-state index is 13.9. The van der Waals surface area contributed by atoms with Gasteiger partial charge in [-0.3, -0.25) is 13.9 Å². The topological polar surface area (TPSA) is 96.0 Å². The summed E-state index contributed by atoms with van der Waals surface area (Å²) in [5, 5.41) is 3.48. The molecule has 0 aliphatic carbocycles. The van der Waals surface area contributed by atoms with E-state index in [1.165, 1.54) is 42.3 Å². The van der Waals surface area contributed by atoms with Crippen LogP contribution in [0.15, 0.2) is 77.7 Å². The SMILES string of the molecule is CCCNC(=O)[C@H](C)N(Cc1cccc(OC)c1)C(=O)CN(c1cccc(Cl)c1)S(=O)(=O)c1ccc(Cl)cc1. The molecule has 2 amide bonds. The summed E-state index contributed by atoms with van der Waals surface area (Å²) in [7, 11) is -2.68. The molecule has 3 rings (SSSR count). The number of rotatable bonds is 12. The number of anilines is 1. The second kappa shape index (κ2) is 13.7. The number of hydrogen-bond acceptors (Lipinski definition) is 5. The Kier molecular flexibility index (Phi) is 10.6. The van der Waals surface area contributed by atoms with Crippen molar-refractivity contribution in [2.24, 2.45) is 0 Å². The van der Waals surface area contributed by atoms with Crippen molar-refractivity contribution in [1.82, 2.24) is 10.2 Å². The van der Waals surface area contributed by atoms with E-state index >= 15 is 0 Å². The van der Waals surface area contributed by atoms with Crippen LogP contribution in [-0.4, -0.2) is 51.4 Å². The first kappa shape index (κ1) is 30.3. The highest BCUT2D eigenvalue weighted by molar-refractivity contribution is 7.92. The van der Waals surface area contributed by atoms with Crippen molar-refractivity contribution >= 4 is 50.7 Å². The molecule has 0 radical (unpaired) electrons. The van der Waals surface area contributed by atoms with Crippen LogP contribution in [0.4, 0.5) is 5.69 Å². The molecule has 3 aromatic carbocycles. The number of amides is 2. The molecule has 0 heterocycles. The Balaban J connectivity index is 2.02. The zero-order valence-corrected chi connectivity index (χ0v) is 24.3. The molecular formula is C28H31Cl2N3O5S. The fourth-order valence-corrected chi connectivity index (χ4v) is 5.56. The Bertz CT molecular complexity index is 1400. The predicted octanol–water partition coefficient (Wildman–Crippen LogP) is 5.14. The molecule has 208 valence electrons. The summed E-state index contributed by atoms with van der Waals surface area (Å²) in [6.07, 6.45) is 0.726. The number of methoxy groups -OCH3 is 1. The van der Waals surface area contributed by atoms with Crippen molar-refractivity contribution in [3.63, 3.8) is 0 Å². The summed E-state index contributed by atoms with van der Waals surface area (Å²) in [5.74, 6) is -0.328. The quantitative estimate of drug-likeness (QED) is 0.314. The van der Waals surface area contributed by atoms with Crippen LogP contribution in [-0.2, 0) is 26.2 Å². The van der Waals surface area contributed by atoms with E-state index in [9.17, 15) is 18.0 Å². The van der Waals surface area contributed by atoms with Gasteiger partial charge in [0.1, 0.15) is 18.3 Å². The van der Waals surface area contributed by atoms with Crippen molar-refractivity contribution in [2.45, 2.75) is 37.8 Å². The van der Waals surface area contributed by atoms with E-state index in [0.29, 0.717) is 27.9 Å². The number of benzene rings is 3. The highest BCUT2D eigenvalue weighted by Crippen LogP contribution is 2.27. The third-order valence-corrected chi connectivity index (χ3v) is 8.26. The van der Waals surface area contributed by atoms with Crippen LogP contribution >= 0.6 is 23.2 Å². The molecule has 8 nitrogen and oxygen atoms in total. The van der Waals surface area contributed by atoms with Crippen LogP contribution in [0.25, 0.3) is 0 Å². The molecule has 1 atom stereocenters. The van der Waals surface area contributed by atoms with Gasteiger partial charge in [0.05, 0.1) is 17.7 Å². The van der Waals surface area contributed by atoms with Crippen LogP contribution in [0.3, 0.4) is 0 Å². The third kappa shape index (κ3) is 7.88. The first-order valence-corrected chi connectivity index (χ1v) is 14.5. The van der Waals surface area contributed by atoms with E-state index in [1.54, 1.807) is 49.4 Å². The van der Waals surface area contributed by atoms with E-state index in [1.807, 2.05) is 6.92 Å².